The summed E-state index contributed by atoms with van der Waals surface area (Å²) >= 11 is 0. The molecule has 1 aromatic rings. The van der Waals surface area contributed by atoms with Crippen molar-refractivity contribution in [3.05, 3.63) is 34.9 Å². The molecule has 1 nitrogen and oxygen atoms in total. The van der Waals surface area contributed by atoms with E-state index in [-0.39, 0.29) is 0 Å². The molecule has 0 aromatic heterocycles. The molecule has 0 heterocycles. The zero-order chi connectivity index (χ0) is 10.9. The maximum atomic E-state index is 12.6. The van der Waals surface area contributed by atoms with E-state index in [0.29, 0.717) is 11.1 Å². The van der Waals surface area contributed by atoms with Gasteiger partial charge in [0.1, 0.15) is 5.60 Å². The Morgan fingerprint density at radius 3 is 2.36 bits per heavy atom. The Labute approximate surface area is 82.4 Å². The van der Waals surface area contributed by atoms with Gasteiger partial charge in [0.25, 0.3) is 6.43 Å². The lowest BCUT2D eigenvalue weighted by molar-refractivity contribution is -0.0887. The fraction of sp³-hybridized carbons (Fsp3) is 0.455. The molecule has 1 rings (SSSR count). The zero-order valence-electron chi connectivity index (χ0n) is 8.51. The zero-order valence-corrected chi connectivity index (χ0v) is 8.51. The minimum atomic E-state index is -2.78. The summed E-state index contributed by atoms with van der Waals surface area (Å²) in [6.45, 7) is 4.66. The van der Waals surface area contributed by atoms with E-state index in [1.807, 2.05) is 13.0 Å². The van der Waals surface area contributed by atoms with Crippen LogP contribution in [0.4, 0.5) is 8.78 Å². The van der Waals surface area contributed by atoms with Gasteiger partial charge in [-0.05, 0) is 31.9 Å². The molecule has 0 saturated carbocycles. The monoisotopic (exact) mass is 200 g/mol. The first kappa shape index (κ1) is 11.1. The molecular formula is C11H14F2O. The summed E-state index contributed by atoms with van der Waals surface area (Å²) in [6, 6.07) is 5.17. The Hall–Kier alpha value is -0.960. The first-order valence-electron chi connectivity index (χ1n) is 4.44. The molecule has 1 unspecified atom stereocenters. The van der Waals surface area contributed by atoms with Crippen molar-refractivity contribution in [3.63, 3.8) is 0 Å². The van der Waals surface area contributed by atoms with Crippen molar-refractivity contribution in [1.29, 1.82) is 0 Å². The second-order valence-corrected chi connectivity index (χ2v) is 3.77. The van der Waals surface area contributed by atoms with E-state index in [0.717, 1.165) is 12.5 Å². The highest BCUT2D eigenvalue weighted by Gasteiger charge is 2.35. The first-order valence-corrected chi connectivity index (χ1v) is 4.44. The van der Waals surface area contributed by atoms with Gasteiger partial charge in [-0.3, -0.25) is 0 Å². The van der Waals surface area contributed by atoms with Crippen LogP contribution in [0.25, 0.3) is 0 Å². The molecule has 1 N–H and O–H groups in total. The molecule has 0 radical (unpaired) electrons. The summed E-state index contributed by atoms with van der Waals surface area (Å²) in [4.78, 5) is 0. The van der Waals surface area contributed by atoms with Gasteiger partial charge in [0.2, 0.25) is 0 Å². The van der Waals surface area contributed by atoms with Crippen LogP contribution in [0.5, 0.6) is 0 Å². The molecule has 78 valence electrons. The van der Waals surface area contributed by atoms with Crippen LogP contribution in [0.1, 0.15) is 23.6 Å². The van der Waals surface area contributed by atoms with Gasteiger partial charge in [-0.15, -0.1) is 0 Å². The average Bonchev–Trinajstić information content (AvgIpc) is 2.08. The van der Waals surface area contributed by atoms with Gasteiger partial charge in [0.05, 0.1) is 0 Å². The highest BCUT2D eigenvalue weighted by molar-refractivity contribution is 5.35. The first-order chi connectivity index (χ1) is 6.35. The van der Waals surface area contributed by atoms with E-state index in [1.54, 1.807) is 19.1 Å². The molecule has 0 amide bonds. The smallest absolute Gasteiger partial charge is 0.270 e. The molecule has 0 saturated heterocycles. The molecule has 0 aliphatic rings. The van der Waals surface area contributed by atoms with Crippen LogP contribution in [-0.4, -0.2) is 11.5 Å². The second kappa shape index (κ2) is 3.65. The van der Waals surface area contributed by atoms with Crippen molar-refractivity contribution in [2.45, 2.75) is 32.8 Å². The second-order valence-electron chi connectivity index (χ2n) is 3.77. The predicted octanol–water partition coefficient (Wildman–Crippen LogP) is 2.78. The van der Waals surface area contributed by atoms with Crippen LogP contribution >= 0.6 is 0 Å². The van der Waals surface area contributed by atoms with Crippen LogP contribution in [0.15, 0.2) is 18.2 Å². The van der Waals surface area contributed by atoms with Crippen LogP contribution in [0.2, 0.25) is 0 Å². The number of aliphatic hydroxyl groups is 1. The number of hydrogen-bond donors (Lipinski definition) is 1. The summed E-state index contributed by atoms with van der Waals surface area (Å²) in [5.74, 6) is 0. The summed E-state index contributed by atoms with van der Waals surface area (Å²) in [6.07, 6.45) is -2.78. The molecule has 0 aliphatic carbocycles. The lowest BCUT2D eigenvalue weighted by Gasteiger charge is -2.25. The van der Waals surface area contributed by atoms with Crippen LogP contribution in [-0.2, 0) is 5.60 Å². The fourth-order valence-electron chi connectivity index (χ4n) is 1.40. The largest absolute Gasteiger partial charge is 0.379 e. The Bertz CT molecular complexity index is 332. The Morgan fingerprint density at radius 2 is 1.86 bits per heavy atom. The SMILES string of the molecule is Cc1ccc(C)c(C(C)(O)C(F)F)c1. The van der Waals surface area contributed by atoms with Gasteiger partial charge in [0, 0.05) is 0 Å². The Balaban J connectivity index is 3.24. The minimum absolute atomic E-state index is 0.299. The van der Waals surface area contributed by atoms with Gasteiger partial charge >= 0.3 is 0 Å². The van der Waals surface area contributed by atoms with Crippen LogP contribution in [0.3, 0.4) is 0 Å². The van der Waals surface area contributed by atoms with E-state index >= 15 is 0 Å². The molecule has 0 aliphatic heterocycles. The average molecular weight is 200 g/mol. The molecule has 1 aromatic carbocycles. The number of benzene rings is 1. The summed E-state index contributed by atoms with van der Waals surface area (Å²) in [5.41, 5.74) is -0.212. The van der Waals surface area contributed by atoms with Gasteiger partial charge < -0.3 is 5.11 Å². The van der Waals surface area contributed by atoms with Gasteiger partial charge in [-0.2, -0.15) is 0 Å². The standard InChI is InChI=1S/C11H14F2O/c1-7-4-5-8(2)9(6-7)11(3,14)10(12)13/h4-6,10,14H,1-3H3. The maximum Gasteiger partial charge on any atom is 0.270 e. The van der Waals surface area contributed by atoms with E-state index in [4.69, 9.17) is 0 Å². The number of rotatable bonds is 2. The molecule has 1 atom stereocenters. The Morgan fingerprint density at radius 1 is 1.29 bits per heavy atom. The van der Waals surface area contributed by atoms with E-state index in [2.05, 4.69) is 0 Å². The summed E-state index contributed by atoms with van der Waals surface area (Å²) in [7, 11) is 0. The molecular weight excluding hydrogens is 186 g/mol. The van der Waals surface area contributed by atoms with E-state index in [1.165, 1.54) is 0 Å². The fourth-order valence-corrected chi connectivity index (χ4v) is 1.40. The van der Waals surface area contributed by atoms with Gasteiger partial charge in [-0.25, -0.2) is 8.78 Å². The number of hydrogen-bond acceptors (Lipinski definition) is 1. The third-order valence-electron chi connectivity index (χ3n) is 2.36. The third kappa shape index (κ3) is 1.93. The van der Waals surface area contributed by atoms with Crippen molar-refractivity contribution in [2.75, 3.05) is 0 Å². The molecule has 0 fully saturated rings. The minimum Gasteiger partial charge on any atom is -0.379 e. The van der Waals surface area contributed by atoms with E-state index < -0.39 is 12.0 Å². The van der Waals surface area contributed by atoms with Gasteiger partial charge in [0.15, 0.2) is 0 Å². The lowest BCUT2D eigenvalue weighted by Crippen LogP contribution is -2.31. The Kier molecular flexibility index (Phi) is 2.90. The number of halogens is 2. The molecule has 0 bridgehead atoms. The third-order valence-corrected chi connectivity index (χ3v) is 2.36. The normalized spacial score (nSPS) is 15.6. The highest BCUT2D eigenvalue weighted by Crippen LogP contribution is 2.30. The van der Waals surface area contributed by atoms with Crippen molar-refractivity contribution < 1.29 is 13.9 Å². The molecule has 0 spiro atoms. The van der Waals surface area contributed by atoms with Gasteiger partial charge in [-0.1, -0.05) is 23.8 Å². The van der Waals surface area contributed by atoms with Crippen molar-refractivity contribution in [2.24, 2.45) is 0 Å². The quantitative estimate of drug-likeness (QED) is 0.778. The van der Waals surface area contributed by atoms with Crippen LogP contribution in [0, 0.1) is 13.8 Å². The topological polar surface area (TPSA) is 20.2 Å². The summed E-state index contributed by atoms with van der Waals surface area (Å²) < 4.78 is 25.1. The van der Waals surface area contributed by atoms with Crippen molar-refractivity contribution >= 4 is 0 Å². The molecule has 14 heavy (non-hydrogen) atoms. The van der Waals surface area contributed by atoms with E-state index in [9.17, 15) is 13.9 Å². The lowest BCUT2D eigenvalue weighted by atomic mass is 9.91. The number of alkyl halides is 2. The molecule has 3 heteroatoms. The highest BCUT2D eigenvalue weighted by atomic mass is 19.3. The predicted molar refractivity (Wildman–Crippen MR) is 51.5 cm³/mol. The number of aryl methyl sites for hydroxylation is 2. The van der Waals surface area contributed by atoms with Crippen molar-refractivity contribution in [3.8, 4) is 0 Å². The van der Waals surface area contributed by atoms with Crippen molar-refractivity contribution in [1.82, 2.24) is 0 Å². The summed E-state index contributed by atoms with van der Waals surface area (Å²) in [5, 5.41) is 9.62. The maximum absolute atomic E-state index is 12.6. The van der Waals surface area contributed by atoms with Crippen LogP contribution < -0.4 is 0 Å².